The summed E-state index contributed by atoms with van der Waals surface area (Å²) in [6.07, 6.45) is 0. The van der Waals surface area contributed by atoms with Gasteiger partial charge in [0.05, 0.1) is 0 Å². The van der Waals surface area contributed by atoms with Gasteiger partial charge in [-0.1, -0.05) is 36.4 Å². The molecule has 7 heteroatoms. The molecular weight excluding hydrogens is 442 g/mol. The highest BCUT2D eigenvalue weighted by Crippen LogP contribution is 2.29. The average molecular weight is 458 g/mol. The predicted octanol–water partition coefficient (Wildman–Crippen LogP) is 7.74. The summed E-state index contributed by atoms with van der Waals surface area (Å²) in [5.41, 5.74) is 2.07. The highest BCUT2D eigenvalue weighted by atomic mass is 19.2. The van der Waals surface area contributed by atoms with Crippen molar-refractivity contribution in [1.82, 2.24) is 0 Å². The van der Waals surface area contributed by atoms with Crippen molar-refractivity contribution < 1.29 is 31.1 Å². The van der Waals surface area contributed by atoms with Crippen LogP contribution in [0, 0.1) is 41.8 Å². The molecule has 0 saturated carbocycles. The Labute approximate surface area is 185 Å². The lowest BCUT2D eigenvalue weighted by molar-refractivity contribution is 0.273. The van der Waals surface area contributed by atoms with Gasteiger partial charge in [-0.25, -0.2) is 26.3 Å². The lowest BCUT2D eigenvalue weighted by atomic mass is 9.99. The zero-order chi connectivity index (χ0) is 23.7. The van der Waals surface area contributed by atoms with Gasteiger partial charge in [0.15, 0.2) is 34.8 Å². The second kappa shape index (κ2) is 9.02. The predicted molar refractivity (Wildman–Crippen MR) is 113 cm³/mol. The van der Waals surface area contributed by atoms with Crippen LogP contribution in [0.3, 0.4) is 0 Å². The van der Waals surface area contributed by atoms with Gasteiger partial charge in [-0.15, -0.1) is 0 Å². The molecule has 0 amide bonds. The van der Waals surface area contributed by atoms with E-state index < -0.39 is 40.7 Å². The summed E-state index contributed by atoms with van der Waals surface area (Å²) >= 11 is 0. The van der Waals surface area contributed by atoms with Gasteiger partial charge in [0, 0.05) is 5.56 Å². The van der Waals surface area contributed by atoms with Crippen LogP contribution < -0.4 is 4.74 Å². The molecule has 0 aliphatic rings. The number of hydrogen-bond acceptors (Lipinski definition) is 1. The number of aryl methyl sites for hydroxylation is 1. The average Bonchev–Trinajstić information content (AvgIpc) is 2.76. The SMILES string of the molecule is Cc1cc(F)c(OCc2ccc(-c3ccc(-c4cc(F)c(F)c(F)c4)cc3)c(F)c2)c(F)c1. The van der Waals surface area contributed by atoms with Gasteiger partial charge in [0.25, 0.3) is 0 Å². The lowest BCUT2D eigenvalue weighted by Gasteiger charge is -2.11. The maximum Gasteiger partial charge on any atom is 0.194 e. The molecule has 1 nitrogen and oxygen atoms in total. The monoisotopic (exact) mass is 458 g/mol. The number of rotatable bonds is 5. The van der Waals surface area contributed by atoms with Gasteiger partial charge in [0.2, 0.25) is 0 Å². The van der Waals surface area contributed by atoms with Gasteiger partial charge in [-0.2, -0.15) is 0 Å². The molecule has 0 radical (unpaired) electrons. The van der Waals surface area contributed by atoms with Crippen LogP contribution >= 0.6 is 0 Å². The second-order valence-electron chi connectivity index (χ2n) is 7.49. The fraction of sp³-hybridized carbons (Fsp3) is 0.0769. The fourth-order valence-electron chi connectivity index (χ4n) is 3.43. The molecule has 4 aromatic carbocycles. The summed E-state index contributed by atoms with van der Waals surface area (Å²) in [6, 6.07) is 14.4. The Morgan fingerprint density at radius 2 is 1.15 bits per heavy atom. The van der Waals surface area contributed by atoms with Crippen LogP contribution in [-0.4, -0.2) is 0 Å². The van der Waals surface area contributed by atoms with Gasteiger partial charge in [-0.05, 0) is 65.1 Å². The fourth-order valence-corrected chi connectivity index (χ4v) is 3.43. The van der Waals surface area contributed by atoms with E-state index >= 15 is 0 Å². The molecule has 0 aliphatic carbocycles. The minimum atomic E-state index is -1.55. The Morgan fingerprint density at radius 1 is 0.576 bits per heavy atom. The van der Waals surface area contributed by atoms with Crippen molar-refractivity contribution in [2.45, 2.75) is 13.5 Å². The number of benzene rings is 4. The third-order valence-electron chi connectivity index (χ3n) is 5.07. The highest BCUT2D eigenvalue weighted by Gasteiger charge is 2.14. The van der Waals surface area contributed by atoms with E-state index in [9.17, 15) is 26.3 Å². The van der Waals surface area contributed by atoms with Gasteiger partial charge in [0.1, 0.15) is 12.4 Å². The molecule has 0 saturated heterocycles. The Hall–Kier alpha value is -3.74. The number of halogens is 6. The molecule has 0 aliphatic heterocycles. The molecule has 0 atom stereocenters. The van der Waals surface area contributed by atoms with E-state index in [0.29, 0.717) is 22.3 Å². The second-order valence-corrected chi connectivity index (χ2v) is 7.49. The topological polar surface area (TPSA) is 9.23 Å². The first kappa shape index (κ1) is 22.5. The standard InChI is InChI=1S/C26H16F6O/c1-14-8-23(30)26(24(31)9-14)33-13-15-2-7-19(20(27)10-15)17-5-3-16(4-6-17)18-11-21(28)25(32)22(29)12-18/h2-12H,13H2,1H3. The molecule has 0 bridgehead atoms. The minimum Gasteiger partial charge on any atom is -0.483 e. The van der Waals surface area contributed by atoms with Gasteiger partial charge < -0.3 is 4.74 Å². The Kier molecular flexibility index (Phi) is 6.14. The maximum atomic E-state index is 14.7. The van der Waals surface area contributed by atoms with Crippen molar-refractivity contribution >= 4 is 0 Å². The molecule has 0 fully saturated rings. The minimum absolute atomic E-state index is 0.140. The van der Waals surface area contributed by atoms with Gasteiger partial charge >= 0.3 is 0 Å². The van der Waals surface area contributed by atoms with Crippen molar-refractivity contribution in [3.63, 3.8) is 0 Å². The van der Waals surface area contributed by atoms with E-state index in [2.05, 4.69) is 0 Å². The third-order valence-corrected chi connectivity index (χ3v) is 5.07. The highest BCUT2D eigenvalue weighted by molar-refractivity contribution is 5.71. The van der Waals surface area contributed by atoms with Crippen molar-refractivity contribution in [3.8, 4) is 28.0 Å². The van der Waals surface area contributed by atoms with E-state index in [1.165, 1.54) is 24.3 Å². The van der Waals surface area contributed by atoms with Crippen LogP contribution in [0.15, 0.2) is 66.7 Å². The number of hydrogen-bond donors (Lipinski definition) is 0. The zero-order valence-corrected chi connectivity index (χ0v) is 17.2. The largest absolute Gasteiger partial charge is 0.483 e. The van der Waals surface area contributed by atoms with E-state index in [4.69, 9.17) is 4.74 Å². The van der Waals surface area contributed by atoms with Crippen LogP contribution in [0.5, 0.6) is 5.75 Å². The van der Waals surface area contributed by atoms with Crippen molar-refractivity contribution in [2.75, 3.05) is 0 Å². The Morgan fingerprint density at radius 3 is 1.73 bits per heavy atom. The molecule has 0 unspecified atom stereocenters. The van der Waals surface area contributed by atoms with E-state index in [-0.39, 0.29) is 17.7 Å². The molecule has 33 heavy (non-hydrogen) atoms. The van der Waals surface area contributed by atoms with E-state index in [0.717, 1.165) is 24.3 Å². The van der Waals surface area contributed by atoms with Crippen molar-refractivity contribution in [1.29, 1.82) is 0 Å². The van der Waals surface area contributed by atoms with Crippen LogP contribution in [0.1, 0.15) is 11.1 Å². The quantitative estimate of drug-likeness (QED) is 0.220. The van der Waals surface area contributed by atoms with Crippen LogP contribution in [-0.2, 0) is 6.61 Å². The summed E-state index contributed by atoms with van der Waals surface area (Å²) in [4.78, 5) is 0. The third kappa shape index (κ3) is 4.72. The summed E-state index contributed by atoms with van der Waals surface area (Å²) in [7, 11) is 0. The molecule has 4 aromatic rings. The van der Waals surface area contributed by atoms with E-state index in [1.54, 1.807) is 25.1 Å². The summed E-state index contributed by atoms with van der Waals surface area (Å²) in [6.45, 7) is 1.31. The lowest BCUT2D eigenvalue weighted by Crippen LogP contribution is -2.01. The first-order valence-corrected chi connectivity index (χ1v) is 9.85. The first-order valence-electron chi connectivity index (χ1n) is 9.85. The molecule has 0 N–H and O–H groups in total. The molecule has 4 rings (SSSR count). The summed E-state index contributed by atoms with van der Waals surface area (Å²) in [5.74, 6) is -6.96. The van der Waals surface area contributed by atoms with Crippen LogP contribution in [0.4, 0.5) is 26.3 Å². The Bertz CT molecular complexity index is 1290. The summed E-state index contributed by atoms with van der Waals surface area (Å²) < 4.78 is 87.8. The normalized spacial score (nSPS) is 11.0. The molecule has 0 heterocycles. The molecular formula is C26H16F6O. The smallest absolute Gasteiger partial charge is 0.194 e. The number of ether oxygens (including phenoxy) is 1. The maximum absolute atomic E-state index is 14.7. The molecule has 168 valence electrons. The van der Waals surface area contributed by atoms with Crippen molar-refractivity contribution in [3.05, 3.63) is 113 Å². The Balaban J connectivity index is 1.53. The van der Waals surface area contributed by atoms with Crippen LogP contribution in [0.25, 0.3) is 22.3 Å². The molecule has 0 spiro atoms. The molecule has 0 aromatic heterocycles. The van der Waals surface area contributed by atoms with Crippen molar-refractivity contribution in [2.24, 2.45) is 0 Å². The zero-order valence-electron chi connectivity index (χ0n) is 17.2. The summed E-state index contributed by atoms with van der Waals surface area (Å²) in [5, 5.41) is 0. The van der Waals surface area contributed by atoms with E-state index in [1.807, 2.05) is 0 Å². The van der Waals surface area contributed by atoms with Crippen LogP contribution in [0.2, 0.25) is 0 Å². The first-order chi connectivity index (χ1) is 15.7. The van der Waals surface area contributed by atoms with Gasteiger partial charge in [-0.3, -0.25) is 0 Å².